The summed E-state index contributed by atoms with van der Waals surface area (Å²) in [5.41, 5.74) is 1.37. The van der Waals surface area contributed by atoms with Gasteiger partial charge in [0.05, 0.1) is 48.2 Å². The molecule has 2 saturated heterocycles. The van der Waals surface area contributed by atoms with Crippen LogP contribution in [0.5, 0.6) is 11.8 Å². The summed E-state index contributed by atoms with van der Waals surface area (Å²) in [7, 11) is 0.770. The highest BCUT2D eigenvalue weighted by atomic mass is 32.2. The van der Waals surface area contributed by atoms with Gasteiger partial charge in [0.25, 0.3) is 0 Å². The number of rotatable bonds is 6. The first-order valence-electron chi connectivity index (χ1n) is 13.4. The van der Waals surface area contributed by atoms with E-state index in [4.69, 9.17) is 9.47 Å². The Labute approximate surface area is 242 Å². The number of hydrogen-bond donors (Lipinski definition) is 0. The Morgan fingerprint density at radius 3 is 1.40 bits per heavy atom. The highest BCUT2D eigenvalue weighted by Crippen LogP contribution is 2.40. The number of hydrogen-bond acceptors (Lipinski definition) is 6. The molecule has 224 valence electrons. The summed E-state index contributed by atoms with van der Waals surface area (Å²) >= 11 is 0. The van der Waals surface area contributed by atoms with E-state index in [9.17, 15) is 17.2 Å². The molecule has 2 aromatic heterocycles. The topological polar surface area (TPSA) is 84.9 Å². The Morgan fingerprint density at radius 2 is 1.10 bits per heavy atom. The third kappa shape index (κ3) is 7.63. The maximum absolute atomic E-state index is 13.5. The fourth-order valence-electron chi connectivity index (χ4n) is 4.91. The fourth-order valence-corrected chi connectivity index (χ4v) is 7.80. The first kappa shape index (κ1) is 32.5. The van der Waals surface area contributed by atoms with Gasteiger partial charge in [-0.2, -0.15) is 0 Å². The van der Waals surface area contributed by atoms with Crippen molar-refractivity contribution in [3.8, 4) is 11.8 Å². The molecule has 0 aromatic carbocycles. The van der Waals surface area contributed by atoms with Gasteiger partial charge in [0.2, 0.25) is 11.8 Å². The van der Waals surface area contributed by atoms with Gasteiger partial charge >= 0.3 is 0 Å². The Balaban J connectivity index is 0.000000220. The summed E-state index contributed by atoms with van der Waals surface area (Å²) in [6.45, 7) is 13.2. The number of methoxy groups -OCH3 is 2. The van der Waals surface area contributed by atoms with E-state index >= 15 is 0 Å². The molecule has 2 aliphatic heterocycles. The quantitative estimate of drug-likeness (QED) is 0.426. The van der Waals surface area contributed by atoms with E-state index in [-0.39, 0.29) is 21.6 Å². The fraction of sp³-hybridized carbons (Fsp3) is 0.643. The average Bonchev–Trinajstić information content (AvgIpc) is 3.57. The summed E-state index contributed by atoms with van der Waals surface area (Å²) < 4.78 is 65.8. The minimum atomic E-state index is -1.13. The molecule has 40 heavy (non-hydrogen) atoms. The number of aromatic nitrogens is 2. The van der Waals surface area contributed by atoms with Gasteiger partial charge in [0.1, 0.15) is 33.6 Å². The third-order valence-corrected chi connectivity index (χ3v) is 10.5. The van der Waals surface area contributed by atoms with E-state index in [1.54, 1.807) is 0 Å². The van der Waals surface area contributed by atoms with Crippen molar-refractivity contribution in [1.29, 1.82) is 0 Å². The van der Waals surface area contributed by atoms with Crippen LogP contribution in [0.4, 0.5) is 8.78 Å². The number of ether oxygens (including phenoxy) is 2. The second-order valence-electron chi connectivity index (χ2n) is 11.8. The first-order chi connectivity index (χ1) is 18.7. The molecule has 8 nitrogen and oxygen atoms in total. The molecular formula is C28H42F2N4O4S2. The van der Waals surface area contributed by atoms with Crippen molar-refractivity contribution in [2.24, 2.45) is 0 Å². The van der Waals surface area contributed by atoms with Gasteiger partial charge in [-0.3, -0.25) is 0 Å². The van der Waals surface area contributed by atoms with E-state index in [2.05, 4.69) is 9.97 Å². The van der Waals surface area contributed by atoms with E-state index in [0.29, 0.717) is 22.9 Å². The van der Waals surface area contributed by atoms with Crippen molar-refractivity contribution in [1.82, 2.24) is 18.6 Å². The van der Waals surface area contributed by atoms with Gasteiger partial charge < -0.3 is 9.47 Å². The van der Waals surface area contributed by atoms with Crippen LogP contribution in [0.25, 0.3) is 0 Å². The van der Waals surface area contributed by atoms with Crippen LogP contribution in [0.2, 0.25) is 0 Å². The van der Waals surface area contributed by atoms with Gasteiger partial charge in [-0.25, -0.2) is 35.8 Å². The van der Waals surface area contributed by atoms with Crippen LogP contribution in [0, 0.1) is 11.6 Å². The first-order valence-corrected chi connectivity index (χ1v) is 15.7. The largest absolute Gasteiger partial charge is 0.481 e. The normalized spacial score (nSPS) is 21.9. The Morgan fingerprint density at radius 1 is 0.750 bits per heavy atom. The van der Waals surface area contributed by atoms with Crippen LogP contribution in [-0.2, 0) is 22.0 Å². The Bertz CT molecular complexity index is 1130. The van der Waals surface area contributed by atoms with Crippen molar-refractivity contribution in [2.75, 3.05) is 27.3 Å². The molecule has 4 heterocycles. The molecule has 4 rings (SSSR count). The molecule has 0 amide bonds. The highest BCUT2D eigenvalue weighted by Gasteiger charge is 2.38. The lowest BCUT2D eigenvalue weighted by Crippen LogP contribution is -2.37. The van der Waals surface area contributed by atoms with Crippen LogP contribution in [0.3, 0.4) is 0 Å². The Hall–Kier alpha value is -2.02. The van der Waals surface area contributed by atoms with E-state index in [1.807, 2.05) is 50.2 Å². The molecule has 2 fully saturated rings. The van der Waals surface area contributed by atoms with Crippen LogP contribution >= 0.6 is 0 Å². The van der Waals surface area contributed by atoms with Crippen LogP contribution in [-0.4, -0.2) is 63.8 Å². The summed E-state index contributed by atoms with van der Waals surface area (Å²) in [5, 5.41) is 0. The SMILES string of the molecule is COc1ncc(F)cc1[C@@H]1CCCN1[S@@](=O)C(C)(C)C.COc1ncc(F)cc1[C@H]1CCCN1[S@@](=O)C(C)(C)C. The van der Waals surface area contributed by atoms with Crippen LogP contribution in [0.15, 0.2) is 24.5 Å². The molecule has 0 radical (unpaired) electrons. The van der Waals surface area contributed by atoms with Gasteiger partial charge in [-0.1, -0.05) is 0 Å². The molecule has 0 N–H and O–H groups in total. The molecule has 0 unspecified atom stereocenters. The molecular weight excluding hydrogens is 558 g/mol. The van der Waals surface area contributed by atoms with E-state index < -0.39 is 33.6 Å². The summed E-state index contributed by atoms with van der Waals surface area (Å²) in [6, 6.07) is 2.67. The minimum absolute atomic E-state index is 0.104. The molecule has 12 heteroatoms. The predicted molar refractivity (Wildman–Crippen MR) is 155 cm³/mol. The van der Waals surface area contributed by atoms with Crippen molar-refractivity contribution in [3.63, 3.8) is 0 Å². The third-order valence-electron chi connectivity index (χ3n) is 6.68. The molecule has 4 atom stereocenters. The van der Waals surface area contributed by atoms with Crippen molar-refractivity contribution >= 4 is 22.0 Å². The van der Waals surface area contributed by atoms with Crippen molar-refractivity contribution in [2.45, 2.75) is 88.8 Å². The zero-order valence-corrected chi connectivity index (χ0v) is 26.3. The molecule has 0 saturated carbocycles. The number of pyridine rings is 2. The molecule has 2 aromatic rings. The lowest BCUT2D eigenvalue weighted by atomic mass is 10.1. The summed E-state index contributed by atoms with van der Waals surface area (Å²) in [5.74, 6) is 0.0341. The van der Waals surface area contributed by atoms with Crippen LogP contribution in [0.1, 0.15) is 90.4 Å². The maximum Gasteiger partial charge on any atom is 0.218 e. The maximum atomic E-state index is 13.5. The monoisotopic (exact) mass is 600 g/mol. The summed E-state index contributed by atoms with van der Waals surface area (Å²) in [4.78, 5) is 7.95. The average molecular weight is 601 g/mol. The van der Waals surface area contributed by atoms with Crippen LogP contribution < -0.4 is 9.47 Å². The minimum Gasteiger partial charge on any atom is -0.481 e. The smallest absolute Gasteiger partial charge is 0.218 e. The van der Waals surface area contributed by atoms with Gasteiger partial charge in [-0.05, 0) is 79.4 Å². The van der Waals surface area contributed by atoms with E-state index in [0.717, 1.165) is 51.2 Å². The number of halogens is 2. The zero-order chi connectivity index (χ0) is 29.8. The van der Waals surface area contributed by atoms with Crippen molar-refractivity contribution in [3.05, 3.63) is 47.3 Å². The van der Waals surface area contributed by atoms with Gasteiger partial charge in [-0.15, -0.1) is 0 Å². The highest BCUT2D eigenvalue weighted by molar-refractivity contribution is 7.84. The van der Waals surface area contributed by atoms with Gasteiger partial charge in [0, 0.05) is 24.2 Å². The van der Waals surface area contributed by atoms with Gasteiger partial charge in [0.15, 0.2) is 0 Å². The molecule has 0 aliphatic carbocycles. The molecule has 2 aliphatic rings. The number of nitrogens with zero attached hydrogens (tertiary/aromatic N) is 4. The zero-order valence-electron chi connectivity index (χ0n) is 24.7. The predicted octanol–water partition coefficient (Wildman–Crippen LogP) is 5.66. The lowest BCUT2D eigenvalue weighted by molar-refractivity contribution is 0.360. The molecule has 0 bridgehead atoms. The van der Waals surface area contributed by atoms with E-state index in [1.165, 1.54) is 26.4 Å². The summed E-state index contributed by atoms with van der Waals surface area (Å²) in [6.07, 6.45) is 5.83. The Kier molecular flexibility index (Phi) is 10.8. The van der Waals surface area contributed by atoms with Crippen molar-refractivity contribution < 1.29 is 26.7 Å². The standard InChI is InChI=1S/2C14H21FN2O2S/c2*1-14(2,3)20(18)17-7-5-6-12(17)11-8-10(15)9-16-13(11)19-4/h2*8-9,12H,5-7H2,1-4H3/t12-,20+;12-,20-/m10/s1. The lowest BCUT2D eigenvalue weighted by Gasteiger charge is -2.30. The second-order valence-corrected chi connectivity index (χ2v) is 16.2. The second kappa shape index (κ2) is 13.3. The molecule has 0 spiro atoms.